The van der Waals surface area contributed by atoms with Gasteiger partial charge >= 0.3 is 0 Å². The minimum atomic E-state index is -0.288. The number of anilines is 1. The van der Waals surface area contributed by atoms with Crippen molar-refractivity contribution >= 4 is 5.69 Å². The summed E-state index contributed by atoms with van der Waals surface area (Å²) in [6.45, 7) is 3.81. The Kier molecular flexibility index (Phi) is 4.13. The van der Waals surface area contributed by atoms with Crippen LogP contribution in [0.3, 0.4) is 0 Å². The highest BCUT2D eigenvalue weighted by Gasteiger charge is 2.12. The van der Waals surface area contributed by atoms with Gasteiger partial charge in [-0.1, -0.05) is 6.07 Å². The van der Waals surface area contributed by atoms with Gasteiger partial charge in [-0.25, -0.2) is 4.39 Å². The van der Waals surface area contributed by atoms with Gasteiger partial charge in [0.05, 0.1) is 13.2 Å². The van der Waals surface area contributed by atoms with E-state index in [1.807, 2.05) is 13.8 Å². The van der Waals surface area contributed by atoms with Gasteiger partial charge in [0.2, 0.25) is 0 Å². The molecule has 2 aromatic rings. The van der Waals surface area contributed by atoms with Gasteiger partial charge in [0.25, 0.3) is 0 Å². The van der Waals surface area contributed by atoms with Crippen LogP contribution < -0.4 is 10.1 Å². The summed E-state index contributed by atoms with van der Waals surface area (Å²) >= 11 is 0. The van der Waals surface area contributed by atoms with E-state index in [1.165, 1.54) is 12.1 Å². The molecule has 20 heavy (non-hydrogen) atoms. The molecular weight excluding hydrogens is 257 g/mol. The lowest BCUT2D eigenvalue weighted by molar-refractivity contribution is 0.406. The molecule has 0 fully saturated rings. The zero-order chi connectivity index (χ0) is 14.7. The van der Waals surface area contributed by atoms with Crippen LogP contribution in [-0.2, 0) is 0 Å². The molecule has 1 atom stereocenters. The van der Waals surface area contributed by atoms with Gasteiger partial charge in [0, 0.05) is 17.3 Å². The molecule has 0 aliphatic carbocycles. The number of aromatic hydroxyl groups is 1. The summed E-state index contributed by atoms with van der Waals surface area (Å²) < 4.78 is 18.3. The third-order valence-electron chi connectivity index (χ3n) is 3.28. The van der Waals surface area contributed by atoms with Crippen LogP contribution >= 0.6 is 0 Å². The summed E-state index contributed by atoms with van der Waals surface area (Å²) in [5, 5.41) is 13.2. The van der Waals surface area contributed by atoms with Crippen LogP contribution in [-0.4, -0.2) is 12.2 Å². The van der Waals surface area contributed by atoms with Crippen molar-refractivity contribution in [3.8, 4) is 11.5 Å². The minimum absolute atomic E-state index is 0.151. The molecule has 2 N–H and O–H groups in total. The molecule has 0 saturated carbocycles. The number of rotatable bonds is 4. The number of benzene rings is 2. The standard InChI is InChI=1S/C16H18FNO2/c1-10-4-5-12(17)8-15(10)18-11(2)14-7-6-13(20-3)9-16(14)19/h4-9,11,18-19H,1-3H3. The van der Waals surface area contributed by atoms with Crippen LogP contribution in [0.2, 0.25) is 0 Å². The Morgan fingerprint density at radius 2 is 1.95 bits per heavy atom. The Labute approximate surface area is 118 Å². The summed E-state index contributed by atoms with van der Waals surface area (Å²) in [7, 11) is 1.55. The number of aryl methyl sites for hydroxylation is 1. The number of halogens is 1. The SMILES string of the molecule is COc1ccc(C(C)Nc2cc(F)ccc2C)c(O)c1. The third kappa shape index (κ3) is 3.02. The molecule has 3 nitrogen and oxygen atoms in total. The average Bonchev–Trinajstić information content (AvgIpc) is 2.42. The number of phenolic OH excluding ortho intramolecular Hbond substituents is 1. The molecule has 0 radical (unpaired) electrons. The fourth-order valence-electron chi connectivity index (χ4n) is 2.08. The Bertz CT molecular complexity index is 613. The molecule has 2 rings (SSSR count). The Hall–Kier alpha value is -2.23. The number of phenols is 1. The molecule has 0 aliphatic rings. The fourth-order valence-corrected chi connectivity index (χ4v) is 2.08. The molecular formula is C16H18FNO2. The Morgan fingerprint density at radius 3 is 2.60 bits per heavy atom. The predicted molar refractivity (Wildman–Crippen MR) is 77.8 cm³/mol. The lowest BCUT2D eigenvalue weighted by Crippen LogP contribution is -2.08. The normalized spacial score (nSPS) is 12.0. The molecule has 106 valence electrons. The maximum absolute atomic E-state index is 13.3. The van der Waals surface area contributed by atoms with Gasteiger partial charge in [0.1, 0.15) is 17.3 Å². The van der Waals surface area contributed by atoms with Crippen molar-refractivity contribution < 1.29 is 14.2 Å². The van der Waals surface area contributed by atoms with Crippen LogP contribution in [0.25, 0.3) is 0 Å². The van der Waals surface area contributed by atoms with Crippen LogP contribution in [0, 0.1) is 12.7 Å². The lowest BCUT2D eigenvalue weighted by Gasteiger charge is -2.19. The van der Waals surface area contributed by atoms with Crippen molar-refractivity contribution in [2.45, 2.75) is 19.9 Å². The van der Waals surface area contributed by atoms with Gasteiger partial charge in [-0.2, -0.15) is 0 Å². The smallest absolute Gasteiger partial charge is 0.125 e. The van der Waals surface area contributed by atoms with Crippen LogP contribution in [0.15, 0.2) is 36.4 Å². The molecule has 0 saturated heterocycles. The van der Waals surface area contributed by atoms with Gasteiger partial charge in [-0.05, 0) is 43.7 Å². The first-order chi connectivity index (χ1) is 9.51. The van der Waals surface area contributed by atoms with E-state index in [9.17, 15) is 9.50 Å². The summed E-state index contributed by atoms with van der Waals surface area (Å²) in [4.78, 5) is 0. The van der Waals surface area contributed by atoms with Crippen molar-refractivity contribution in [2.75, 3.05) is 12.4 Å². The number of nitrogens with one attached hydrogen (secondary N) is 1. The van der Waals surface area contributed by atoms with Crippen molar-refractivity contribution in [3.05, 3.63) is 53.3 Å². The Morgan fingerprint density at radius 1 is 1.20 bits per heavy atom. The van der Waals surface area contributed by atoms with E-state index >= 15 is 0 Å². The van der Waals surface area contributed by atoms with E-state index in [2.05, 4.69) is 5.32 Å². The zero-order valence-electron chi connectivity index (χ0n) is 11.8. The maximum atomic E-state index is 13.3. The molecule has 0 aliphatic heterocycles. The average molecular weight is 275 g/mol. The van der Waals surface area contributed by atoms with Crippen molar-refractivity contribution in [2.24, 2.45) is 0 Å². The second-order valence-corrected chi connectivity index (χ2v) is 4.75. The van der Waals surface area contributed by atoms with E-state index in [0.717, 1.165) is 11.1 Å². The second kappa shape index (κ2) is 5.82. The highest BCUT2D eigenvalue weighted by atomic mass is 19.1. The van der Waals surface area contributed by atoms with E-state index in [4.69, 9.17) is 4.74 Å². The monoisotopic (exact) mass is 275 g/mol. The van der Waals surface area contributed by atoms with Gasteiger partial charge < -0.3 is 15.2 Å². The molecule has 0 bridgehead atoms. The number of hydrogen-bond donors (Lipinski definition) is 2. The first-order valence-corrected chi connectivity index (χ1v) is 6.41. The first-order valence-electron chi connectivity index (χ1n) is 6.41. The van der Waals surface area contributed by atoms with Crippen molar-refractivity contribution in [1.82, 2.24) is 0 Å². The topological polar surface area (TPSA) is 41.5 Å². The summed E-state index contributed by atoms with van der Waals surface area (Å²) in [5.74, 6) is 0.461. The van der Waals surface area contributed by atoms with E-state index in [1.54, 1.807) is 31.4 Å². The lowest BCUT2D eigenvalue weighted by atomic mass is 10.1. The third-order valence-corrected chi connectivity index (χ3v) is 3.28. The first kappa shape index (κ1) is 14.2. The Balaban J connectivity index is 2.23. The highest BCUT2D eigenvalue weighted by Crippen LogP contribution is 2.31. The van der Waals surface area contributed by atoms with E-state index in [-0.39, 0.29) is 17.6 Å². The van der Waals surface area contributed by atoms with E-state index < -0.39 is 0 Å². The summed E-state index contributed by atoms with van der Waals surface area (Å²) in [6.07, 6.45) is 0. The van der Waals surface area contributed by atoms with E-state index in [0.29, 0.717) is 11.4 Å². The minimum Gasteiger partial charge on any atom is -0.507 e. The predicted octanol–water partition coefficient (Wildman–Crippen LogP) is 4.02. The molecule has 4 heteroatoms. The number of methoxy groups -OCH3 is 1. The molecule has 0 spiro atoms. The largest absolute Gasteiger partial charge is 0.507 e. The number of ether oxygens (including phenoxy) is 1. The summed E-state index contributed by atoms with van der Waals surface area (Å²) in [6, 6.07) is 9.58. The fraction of sp³-hybridized carbons (Fsp3) is 0.250. The maximum Gasteiger partial charge on any atom is 0.125 e. The summed E-state index contributed by atoms with van der Waals surface area (Å²) in [5.41, 5.74) is 2.40. The van der Waals surface area contributed by atoms with Crippen LogP contribution in [0.4, 0.5) is 10.1 Å². The van der Waals surface area contributed by atoms with Crippen LogP contribution in [0.5, 0.6) is 11.5 Å². The molecule has 0 heterocycles. The van der Waals surface area contributed by atoms with Gasteiger partial charge in [0.15, 0.2) is 0 Å². The molecule has 1 unspecified atom stereocenters. The molecule has 0 aromatic heterocycles. The second-order valence-electron chi connectivity index (χ2n) is 4.75. The van der Waals surface area contributed by atoms with Crippen molar-refractivity contribution in [3.63, 3.8) is 0 Å². The molecule has 2 aromatic carbocycles. The van der Waals surface area contributed by atoms with Gasteiger partial charge in [-0.3, -0.25) is 0 Å². The zero-order valence-corrected chi connectivity index (χ0v) is 11.8. The van der Waals surface area contributed by atoms with Crippen LogP contribution in [0.1, 0.15) is 24.1 Å². The quantitative estimate of drug-likeness (QED) is 0.885. The van der Waals surface area contributed by atoms with Crippen molar-refractivity contribution in [1.29, 1.82) is 0 Å². The van der Waals surface area contributed by atoms with Gasteiger partial charge in [-0.15, -0.1) is 0 Å². The highest BCUT2D eigenvalue weighted by molar-refractivity contribution is 5.53. The molecule has 0 amide bonds. The number of hydrogen-bond acceptors (Lipinski definition) is 3.